The fraction of sp³-hybridized carbons (Fsp3) is 0.306. The van der Waals surface area contributed by atoms with Gasteiger partial charge in [-0.15, -0.1) is 0 Å². The maximum absolute atomic E-state index is 17.3. The highest BCUT2D eigenvalue weighted by atomic mass is 35.5. The number of ether oxygens (including phenoxy) is 8. The molecule has 14 nitrogen and oxygen atoms in total. The van der Waals surface area contributed by atoms with Crippen LogP contribution in [-0.2, 0) is 98.2 Å². The summed E-state index contributed by atoms with van der Waals surface area (Å²) in [4.78, 5) is 63.2. The predicted molar refractivity (Wildman–Crippen MR) is 417 cm³/mol. The van der Waals surface area contributed by atoms with E-state index in [4.69, 9.17) is 72.7 Å². The number of aliphatic hydroxyl groups excluding tert-OH is 1. The van der Waals surface area contributed by atoms with Gasteiger partial charge >= 0.3 is 29.8 Å². The number of rotatable bonds is 29. The van der Waals surface area contributed by atoms with Gasteiger partial charge in [0.25, 0.3) is 11.3 Å². The Morgan fingerprint density at radius 1 is 0.414 bits per heavy atom. The Kier molecular flexibility index (Phi) is 30.8. The van der Waals surface area contributed by atoms with Gasteiger partial charge in [0.1, 0.15) is 23.4 Å². The molecular weight excluding hydrogens is 1560 g/mol. The van der Waals surface area contributed by atoms with Crippen molar-refractivity contribution in [1.29, 1.82) is 0 Å². The molecule has 0 aliphatic heterocycles. The van der Waals surface area contributed by atoms with E-state index in [0.717, 1.165) is 56.9 Å². The summed E-state index contributed by atoms with van der Waals surface area (Å²) < 4.78 is 137. The zero-order valence-corrected chi connectivity index (χ0v) is 65.4. The SMILES string of the molecule is COC(=O)C(F)(C(Cc1ccc(F)c(Oc2ccccc2)c1)OC(C)=O)[C@H](c1ccc(Cl)cc1)C1CC1.COC(=O)C(F)(C(Cc1ccc(F)c(Oc2ccccc2)c1)OC(C)=O)[C@H](c1ccc(Cl)cc1)C1CC1.COC(=O)C(F)(C(O)Cc1ccc(F)c(Oc2ccccc2)c1)[C@H](c1ccc(Cl)cc1)C1CC1.S=S=S. The monoisotopic (exact) mass is 1640 g/mol. The number of alkyl halides is 3. The van der Waals surface area contributed by atoms with E-state index in [2.05, 4.69) is 22.4 Å². The molecule has 0 saturated heterocycles. The Morgan fingerprint density at radius 3 is 0.919 bits per heavy atom. The third-order valence-corrected chi connectivity index (χ3v) is 19.8. The second-order valence-corrected chi connectivity index (χ2v) is 29.9. The van der Waals surface area contributed by atoms with Crippen molar-refractivity contribution in [3.05, 3.63) is 284 Å². The molecule has 0 aromatic heterocycles. The first-order valence-corrected chi connectivity index (χ1v) is 39.0. The van der Waals surface area contributed by atoms with E-state index in [-0.39, 0.29) is 54.3 Å². The molecule has 9 aromatic rings. The minimum Gasteiger partial charge on any atom is -0.467 e. The van der Waals surface area contributed by atoms with Crippen LogP contribution in [0.25, 0.3) is 0 Å². The molecule has 26 heteroatoms. The van der Waals surface area contributed by atoms with Crippen molar-refractivity contribution in [1.82, 2.24) is 0 Å². The second-order valence-electron chi connectivity index (χ2n) is 26.8. The molecule has 0 radical (unpaired) electrons. The largest absolute Gasteiger partial charge is 0.467 e. The van der Waals surface area contributed by atoms with Crippen LogP contribution in [0.2, 0.25) is 15.1 Å². The number of hydrogen-bond acceptors (Lipinski definition) is 16. The Balaban J connectivity index is 0.000000188. The summed E-state index contributed by atoms with van der Waals surface area (Å²) in [7, 11) is 4.20. The van der Waals surface area contributed by atoms with Gasteiger partial charge in [-0.3, -0.25) is 9.59 Å². The van der Waals surface area contributed by atoms with Crippen molar-refractivity contribution in [3.8, 4) is 34.5 Å². The van der Waals surface area contributed by atoms with Crippen LogP contribution in [0.15, 0.2) is 218 Å². The number of hydrogen-bond donors (Lipinski definition) is 1. The zero-order valence-electron chi connectivity index (χ0n) is 60.7. The molecule has 9 aromatic carbocycles. The molecule has 1 N–H and O–H groups in total. The Morgan fingerprint density at radius 2 is 0.667 bits per heavy atom. The first kappa shape index (κ1) is 85.8. The van der Waals surface area contributed by atoms with Gasteiger partial charge in [0.2, 0.25) is 5.67 Å². The lowest BCUT2D eigenvalue weighted by atomic mass is 9.75. The average Bonchev–Trinajstić information content (AvgIpc) is 1.71. The Bertz CT molecular complexity index is 4470. The average molecular weight is 1640 g/mol. The van der Waals surface area contributed by atoms with E-state index >= 15 is 13.2 Å². The molecular formula is C85H79Cl3F6O14S3. The van der Waals surface area contributed by atoms with Gasteiger partial charge in [-0.05, 0) is 199 Å². The summed E-state index contributed by atoms with van der Waals surface area (Å²) >= 11 is 26.3. The maximum Gasteiger partial charge on any atom is 0.348 e. The van der Waals surface area contributed by atoms with Gasteiger partial charge < -0.3 is 43.0 Å². The standard InChI is InChI=1S/2C29H27ClF2O5.C27H25ClF2O4.S3/c2*1-18(33)36-26(17-19-8-15-24(31)25(16-19)37-23-6-4-3-5-7-23)29(32,28(34)35-2)27(20-9-10-20)21-11-13-22(30)14-12-21;1-33-26(32)27(30,25(18-8-9-18)19-10-12-20(28)13-11-19)24(31)16-17-7-14-22(29)23(15-17)34-21-5-3-2-4-6-21;1-3-2/h2*3-8,11-16,20,26-27H,9-10,17H2,1-2H3;2-7,10-15,18,24-25,31H,8-9,16H2,1H3;/t2*26?,27-,29?;24?,25-,27?;/m000./s1. The number of aliphatic hydroxyl groups is 1. The lowest BCUT2D eigenvalue weighted by Crippen LogP contribution is -2.54. The highest BCUT2D eigenvalue weighted by Crippen LogP contribution is 2.56. The molecule has 3 aliphatic carbocycles. The molecule has 3 fully saturated rings. The van der Waals surface area contributed by atoms with Crippen LogP contribution in [0.3, 0.4) is 0 Å². The van der Waals surface area contributed by atoms with E-state index in [9.17, 15) is 42.3 Å². The van der Waals surface area contributed by atoms with Gasteiger partial charge in [-0.1, -0.05) is 144 Å². The van der Waals surface area contributed by atoms with Crippen LogP contribution in [0, 0.1) is 35.2 Å². The lowest BCUT2D eigenvalue weighted by Gasteiger charge is -2.37. The van der Waals surface area contributed by atoms with Crippen LogP contribution in [0.4, 0.5) is 26.3 Å². The minimum atomic E-state index is -2.72. The van der Waals surface area contributed by atoms with E-state index < -0.39 is 100 Å². The zero-order chi connectivity index (χ0) is 80.2. The third kappa shape index (κ3) is 22.6. The molecule has 0 amide bonds. The first-order chi connectivity index (χ1) is 53.2. The fourth-order valence-electron chi connectivity index (χ4n) is 13.6. The van der Waals surface area contributed by atoms with Crippen LogP contribution >= 0.6 is 34.8 Å². The van der Waals surface area contributed by atoms with Gasteiger partial charge in [-0.25, -0.2) is 40.7 Å². The van der Waals surface area contributed by atoms with Crippen molar-refractivity contribution >= 4 is 95.9 Å². The van der Waals surface area contributed by atoms with E-state index in [1.165, 1.54) is 54.6 Å². The molecule has 111 heavy (non-hydrogen) atoms. The molecule has 3 aliphatic rings. The number of benzene rings is 9. The van der Waals surface area contributed by atoms with Gasteiger partial charge in [0, 0.05) is 97.2 Å². The number of halogens is 9. The molecule has 12 rings (SSSR count). The summed E-state index contributed by atoms with van der Waals surface area (Å²) in [5.41, 5.74) is -5.26. The molecule has 9 atom stereocenters. The summed E-state index contributed by atoms with van der Waals surface area (Å²) in [5.74, 6) is -8.97. The van der Waals surface area contributed by atoms with Crippen molar-refractivity contribution in [2.45, 2.75) is 125 Å². The van der Waals surface area contributed by atoms with Crippen molar-refractivity contribution in [3.63, 3.8) is 0 Å². The normalized spacial score (nSPS) is 16.1. The predicted octanol–water partition coefficient (Wildman–Crippen LogP) is 19.9. The van der Waals surface area contributed by atoms with E-state index in [1.807, 2.05) is 0 Å². The molecule has 0 heterocycles. The molecule has 584 valence electrons. The number of methoxy groups -OCH3 is 3. The lowest BCUT2D eigenvalue weighted by molar-refractivity contribution is -0.178. The van der Waals surface area contributed by atoms with Crippen LogP contribution in [0.1, 0.15) is 104 Å². The minimum absolute atomic E-state index is 0.0603. The topological polar surface area (TPSA) is 179 Å². The fourth-order valence-corrected chi connectivity index (χ4v) is 14.0. The first-order valence-electron chi connectivity index (χ1n) is 35.2. The van der Waals surface area contributed by atoms with E-state index in [1.54, 1.807) is 164 Å². The molecule has 0 spiro atoms. The third-order valence-electron chi connectivity index (χ3n) is 19.0. The summed E-state index contributed by atoms with van der Waals surface area (Å²) in [6.45, 7) is 2.29. The molecule has 6 unspecified atom stereocenters. The highest BCUT2D eigenvalue weighted by Gasteiger charge is 2.62. The number of para-hydroxylation sites is 3. The van der Waals surface area contributed by atoms with Crippen LogP contribution < -0.4 is 14.2 Å². The molecule has 0 bridgehead atoms. The van der Waals surface area contributed by atoms with Gasteiger partial charge in [-0.2, -0.15) is 0 Å². The molecule has 3 saturated carbocycles. The Labute approximate surface area is 667 Å². The summed E-state index contributed by atoms with van der Waals surface area (Å²) in [5, 5.41) is 12.5. The van der Waals surface area contributed by atoms with Crippen molar-refractivity contribution < 1.29 is 93.3 Å². The van der Waals surface area contributed by atoms with Crippen molar-refractivity contribution in [2.24, 2.45) is 17.8 Å². The maximum atomic E-state index is 17.3. The summed E-state index contributed by atoms with van der Waals surface area (Å²) in [6, 6.07) is 57.8. The smallest absolute Gasteiger partial charge is 0.348 e. The number of carbonyl (C=O) groups excluding carboxylic acids is 5. The Hall–Kier alpha value is -9.20. The van der Waals surface area contributed by atoms with Gasteiger partial charge in [0.05, 0.1) is 21.3 Å². The number of esters is 5. The van der Waals surface area contributed by atoms with Crippen LogP contribution in [-0.4, -0.2) is 91.6 Å². The summed E-state index contributed by atoms with van der Waals surface area (Å²) in [6.07, 6.45) is -1.23. The van der Waals surface area contributed by atoms with Crippen molar-refractivity contribution in [2.75, 3.05) is 21.3 Å². The number of carbonyl (C=O) groups is 5. The quantitative estimate of drug-likeness (QED) is 0.0265. The van der Waals surface area contributed by atoms with Gasteiger partial charge in [0.15, 0.2) is 46.9 Å². The highest BCUT2D eigenvalue weighted by molar-refractivity contribution is 8.37. The second kappa shape index (κ2) is 39.8. The van der Waals surface area contributed by atoms with E-state index in [0.29, 0.717) is 91.4 Å². The van der Waals surface area contributed by atoms with Crippen LogP contribution in [0.5, 0.6) is 34.5 Å².